The second kappa shape index (κ2) is 7.62. The van der Waals surface area contributed by atoms with Gasteiger partial charge in [0.25, 0.3) is 5.91 Å². The zero-order chi connectivity index (χ0) is 18.6. The van der Waals surface area contributed by atoms with Gasteiger partial charge in [-0.1, -0.05) is 12.1 Å². The Hall–Kier alpha value is -2.46. The first-order chi connectivity index (χ1) is 11.7. The number of alkyl halides is 3. The molecule has 134 valence electrons. The van der Waals surface area contributed by atoms with E-state index in [1.807, 2.05) is 0 Å². The van der Waals surface area contributed by atoms with Crippen molar-refractivity contribution in [2.75, 3.05) is 12.4 Å². The molecule has 2 aromatic rings. The largest absolute Gasteiger partial charge is 0.471 e. The third kappa shape index (κ3) is 5.00. The normalized spacial score (nSPS) is 11.2. The van der Waals surface area contributed by atoms with Gasteiger partial charge in [-0.3, -0.25) is 9.59 Å². The third-order valence-electron chi connectivity index (χ3n) is 3.15. The molecule has 2 amide bonds. The van der Waals surface area contributed by atoms with Gasteiger partial charge >= 0.3 is 12.1 Å². The van der Waals surface area contributed by atoms with E-state index in [0.717, 1.165) is 7.05 Å². The minimum Gasteiger partial charge on any atom is -0.334 e. The number of amides is 2. The molecule has 0 aliphatic heterocycles. The number of nitrogens with one attached hydrogen (secondary N) is 1. The van der Waals surface area contributed by atoms with Crippen LogP contribution in [0.15, 0.2) is 29.6 Å². The van der Waals surface area contributed by atoms with Crippen LogP contribution in [0.5, 0.6) is 0 Å². The molecule has 0 fully saturated rings. The molecule has 1 aromatic carbocycles. The van der Waals surface area contributed by atoms with Crippen LogP contribution in [0.2, 0.25) is 0 Å². The number of rotatable bonds is 5. The minimum atomic E-state index is -4.92. The molecule has 3 N–H and O–H groups in total. The maximum atomic E-state index is 12.4. The van der Waals surface area contributed by atoms with E-state index in [9.17, 15) is 22.8 Å². The van der Waals surface area contributed by atoms with Crippen molar-refractivity contribution in [3.05, 3.63) is 45.9 Å². The van der Waals surface area contributed by atoms with Crippen molar-refractivity contribution >= 4 is 28.8 Å². The fourth-order valence-electron chi connectivity index (χ4n) is 2.01. The molecule has 0 saturated heterocycles. The highest BCUT2D eigenvalue weighted by atomic mass is 32.1. The number of hydrogen-bond acceptors (Lipinski definition) is 5. The Bertz CT molecular complexity index is 776. The van der Waals surface area contributed by atoms with Crippen LogP contribution < -0.4 is 11.1 Å². The van der Waals surface area contributed by atoms with Crippen molar-refractivity contribution in [3.63, 3.8) is 0 Å². The lowest BCUT2D eigenvalue weighted by atomic mass is 10.2. The van der Waals surface area contributed by atoms with Crippen LogP contribution in [-0.2, 0) is 17.9 Å². The molecule has 0 bridgehead atoms. The Kier molecular flexibility index (Phi) is 5.75. The summed E-state index contributed by atoms with van der Waals surface area (Å²) in [6.07, 6.45) is -4.92. The number of carbonyl (C=O) groups excluding carboxylic acids is 2. The highest BCUT2D eigenvalue weighted by Crippen LogP contribution is 2.20. The van der Waals surface area contributed by atoms with Gasteiger partial charge in [0.05, 0.1) is 0 Å². The summed E-state index contributed by atoms with van der Waals surface area (Å²) in [6.45, 7) is -0.0108. The molecule has 0 radical (unpaired) electrons. The zero-order valence-electron chi connectivity index (χ0n) is 13.1. The number of benzene rings is 1. The van der Waals surface area contributed by atoms with Gasteiger partial charge in [-0.2, -0.15) is 13.2 Å². The lowest BCUT2D eigenvalue weighted by Gasteiger charge is -2.19. The van der Waals surface area contributed by atoms with Crippen LogP contribution in [0.3, 0.4) is 0 Å². The number of aromatic nitrogens is 1. The summed E-state index contributed by atoms with van der Waals surface area (Å²) in [5.74, 6) is -2.38. The standard InChI is InChI=1S/C15H15F3N4O2S/c1-22(14(24)15(16,17)18)7-9-3-2-4-10(5-9)20-13(23)11-8-25-12(6-19)21-11/h2-5,8H,6-7,19H2,1H3,(H,20,23). The fourth-order valence-corrected chi connectivity index (χ4v) is 2.67. The van der Waals surface area contributed by atoms with Crippen molar-refractivity contribution in [1.29, 1.82) is 0 Å². The zero-order valence-corrected chi connectivity index (χ0v) is 13.9. The number of carbonyl (C=O) groups is 2. The van der Waals surface area contributed by atoms with Gasteiger partial charge in [0.2, 0.25) is 0 Å². The molecule has 0 aliphatic carbocycles. The quantitative estimate of drug-likeness (QED) is 0.843. The molecule has 0 spiro atoms. The van der Waals surface area contributed by atoms with Gasteiger partial charge in [0.15, 0.2) is 0 Å². The lowest BCUT2D eigenvalue weighted by Crippen LogP contribution is -2.37. The average molecular weight is 372 g/mol. The number of nitrogens with two attached hydrogens (primary N) is 1. The number of hydrogen-bond donors (Lipinski definition) is 2. The molecule has 0 unspecified atom stereocenters. The van der Waals surface area contributed by atoms with Gasteiger partial charge in [-0.15, -0.1) is 11.3 Å². The first kappa shape index (κ1) is 18.9. The predicted octanol–water partition coefficient (Wildman–Crippen LogP) is 2.37. The van der Waals surface area contributed by atoms with Crippen molar-refractivity contribution in [2.24, 2.45) is 5.73 Å². The van der Waals surface area contributed by atoms with Crippen molar-refractivity contribution in [1.82, 2.24) is 9.88 Å². The summed E-state index contributed by atoms with van der Waals surface area (Å²) in [4.78, 5) is 27.9. The molecule has 25 heavy (non-hydrogen) atoms. The van der Waals surface area contributed by atoms with Gasteiger partial charge in [0, 0.05) is 31.2 Å². The van der Waals surface area contributed by atoms with E-state index < -0.39 is 18.0 Å². The molecule has 6 nitrogen and oxygen atoms in total. The van der Waals surface area contributed by atoms with E-state index in [-0.39, 0.29) is 18.8 Å². The SMILES string of the molecule is CN(Cc1cccc(NC(=O)c2csc(CN)n2)c1)C(=O)C(F)(F)F. The topological polar surface area (TPSA) is 88.3 Å². The number of anilines is 1. The molecule has 0 saturated carbocycles. The van der Waals surface area contributed by atoms with E-state index in [0.29, 0.717) is 21.2 Å². The van der Waals surface area contributed by atoms with Crippen molar-refractivity contribution in [2.45, 2.75) is 19.3 Å². The molecule has 0 atom stereocenters. The Balaban J connectivity index is 2.05. The van der Waals surface area contributed by atoms with Gasteiger partial charge in [0.1, 0.15) is 10.7 Å². The van der Waals surface area contributed by atoms with Crippen LogP contribution >= 0.6 is 11.3 Å². The number of thiazole rings is 1. The minimum absolute atomic E-state index is 0.209. The van der Waals surface area contributed by atoms with Crippen LogP contribution in [0, 0.1) is 0 Å². The Morgan fingerprint density at radius 2 is 2.08 bits per heavy atom. The molecule has 0 aliphatic rings. The van der Waals surface area contributed by atoms with Gasteiger partial charge in [-0.05, 0) is 17.7 Å². The second-order valence-corrected chi connectivity index (χ2v) is 6.09. The molecule has 10 heteroatoms. The number of nitrogens with zero attached hydrogens (tertiary/aromatic N) is 2. The Morgan fingerprint density at radius 1 is 1.36 bits per heavy atom. The van der Waals surface area contributed by atoms with Crippen molar-refractivity contribution < 1.29 is 22.8 Å². The van der Waals surface area contributed by atoms with Crippen LogP contribution in [0.1, 0.15) is 21.1 Å². The van der Waals surface area contributed by atoms with E-state index in [1.54, 1.807) is 23.6 Å². The fraction of sp³-hybridized carbons (Fsp3) is 0.267. The number of halogens is 3. The summed E-state index contributed by atoms with van der Waals surface area (Å²) in [5.41, 5.74) is 6.48. The molecule has 1 aromatic heterocycles. The average Bonchev–Trinajstić information content (AvgIpc) is 3.02. The summed E-state index contributed by atoms with van der Waals surface area (Å²) in [7, 11) is 1.06. The summed E-state index contributed by atoms with van der Waals surface area (Å²) >= 11 is 1.26. The lowest BCUT2D eigenvalue weighted by molar-refractivity contribution is -0.184. The summed E-state index contributed by atoms with van der Waals surface area (Å²) in [6, 6.07) is 6.21. The second-order valence-electron chi connectivity index (χ2n) is 5.14. The van der Waals surface area contributed by atoms with E-state index >= 15 is 0 Å². The highest BCUT2D eigenvalue weighted by molar-refractivity contribution is 7.09. The van der Waals surface area contributed by atoms with E-state index in [4.69, 9.17) is 5.73 Å². The maximum absolute atomic E-state index is 12.4. The maximum Gasteiger partial charge on any atom is 0.471 e. The summed E-state index contributed by atoms with van der Waals surface area (Å²) < 4.78 is 37.2. The Labute approximate surface area is 145 Å². The first-order valence-corrected chi connectivity index (χ1v) is 7.95. The van der Waals surface area contributed by atoms with Crippen molar-refractivity contribution in [3.8, 4) is 0 Å². The first-order valence-electron chi connectivity index (χ1n) is 7.07. The predicted molar refractivity (Wildman–Crippen MR) is 86.9 cm³/mol. The summed E-state index contributed by atoms with van der Waals surface area (Å²) in [5, 5.41) is 4.79. The molecular weight excluding hydrogens is 357 g/mol. The van der Waals surface area contributed by atoms with Gasteiger partial charge in [-0.25, -0.2) is 4.98 Å². The van der Waals surface area contributed by atoms with Crippen LogP contribution in [-0.4, -0.2) is 34.9 Å². The van der Waals surface area contributed by atoms with E-state index in [2.05, 4.69) is 10.3 Å². The highest BCUT2D eigenvalue weighted by Gasteiger charge is 2.41. The van der Waals surface area contributed by atoms with Crippen LogP contribution in [0.4, 0.5) is 18.9 Å². The van der Waals surface area contributed by atoms with Gasteiger partial charge < -0.3 is 16.0 Å². The van der Waals surface area contributed by atoms with Crippen LogP contribution in [0.25, 0.3) is 0 Å². The molecule has 2 rings (SSSR count). The third-order valence-corrected chi connectivity index (χ3v) is 4.02. The molecule has 1 heterocycles. The smallest absolute Gasteiger partial charge is 0.334 e. The van der Waals surface area contributed by atoms with E-state index in [1.165, 1.54) is 17.4 Å². The monoisotopic (exact) mass is 372 g/mol. The Morgan fingerprint density at radius 3 is 2.68 bits per heavy atom. The molecular formula is C15H15F3N4O2S.